The van der Waals surface area contributed by atoms with Gasteiger partial charge in [-0.2, -0.15) is 0 Å². The average molecular weight is 278 g/mol. The number of hydrogen-bond donors (Lipinski definition) is 4. The van der Waals surface area contributed by atoms with Crippen LogP contribution in [0.15, 0.2) is 24.3 Å². The first kappa shape index (κ1) is 15.2. The van der Waals surface area contributed by atoms with E-state index in [-0.39, 0.29) is 11.1 Å². The lowest BCUT2D eigenvalue weighted by Gasteiger charge is -2.05. The Hall–Kier alpha value is -2.90. The van der Waals surface area contributed by atoms with E-state index in [2.05, 4.69) is 21.3 Å². The minimum atomic E-state index is -0.628. The normalized spacial score (nSPS) is 9.30. The molecule has 0 spiro atoms. The minimum absolute atomic E-state index is 0.213. The van der Waals surface area contributed by atoms with Crippen molar-refractivity contribution in [1.82, 2.24) is 21.3 Å². The van der Waals surface area contributed by atoms with Gasteiger partial charge in [0.2, 0.25) is 0 Å². The Morgan fingerprint density at radius 2 is 1.00 bits per heavy atom. The molecule has 0 atom stereocenters. The maximum Gasteiger partial charge on any atom is 0.321 e. The van der Waals surface area contributed by atoms with Crippen molar-refractivity contribution in [2.24, 2.45) is 0 Å². The van der Waals surface area contributed by atoms with Gasteiger partial charge in [0, 0.05) is 25.2 Å². The Kier molecular flexibility index (Phi) is 5.21. The highest BCUT2D eigenvalue weighted by molar-refractivity contribution is 6.06. The molecule has 1 aromatic carbocycles. The monoisotopic (exact) mass is 278 g/mol. The van der Waals surface area contributed by atoms with Crippen molar-refractivity contribution in [2.45, 2.75) is 0 Å². The summed E-state index contributed by atoms with van der Waals surface area (Å²) in [5.74, 6) is -1.19. The second-order valence-corrected chi connectivity index (χ2v) is 3.64. The number of benzene rings is 1. The van der Waals surface area contributed by atoms with E-state index >= 15 is 0 Å². The molecule has 8 nitrogen and oxygen atoms in total. The van der Waals surface area contributed by atoms with E-state index in [9.17, 15) is 19.2 Å². The Labute approximate surface area is 114 Å². The average Bonchev–Trinajstić information content (AvgIpc) is 2.46. The van der Waals surface area contributed by atoms with E-state index in [0.717, 1.165) is 0 Å². The van der Waals surface area contributed by atoms with Gasteiger partial charge in [0.25, 0.3) is 11.8 Å². The van der Waals surface area contributed by atoms with Gasteiger partial charge in [0.1, 0.15) is 0 Å². The summed E-state index contributed by atoms with van der Waals surface area (Å²) in [7, 11) is 2.77. The zero-order valence-corrected chi connectivity index (χ0v) is 10.9. The first-order valence-corrected chi connectivity index (χ1v) is 5.64. The quantitative estimate of drug-likeness (QED) is 0.600. The Morgan fingerprint density at radius 1 is 0.700 bits per heavy atom. The van der Waals surface area contributed by atoms with Crippen molar-refractivity contribution >= 4 is 23.9 Å². The third-order valence-electron chi connectivity index (χ3n) is 2.32. The summed E-state index contributed by atoms with van der Waals surface area (Å²) in [5.41, 5.74) is 0.426. The molecule has 1 rings (SSSR count). The van der Waals surface area contributed by atoms with Crippen LogP contribution >= 0.6 is 0 Å². The summed E-state index contributed by atoms with van der Waals surface area (Å²) in [6.45, 7) is 0. The molecule has 4 N–H and O–H groups in total. The van der Waals surface area contributed by atoms with E-state index < -0.39 is 23.9 Å². The summed E-state index contributed by atoms with van der Waals surface area (Å²) in [4.78, 5) is 45.1. The van der Waals surface area contributed by atoms with Crippen LogP contribution in [0.2, 0.25) is 0 Å². The molecule has 0 radical (unpaired) electrons. The Bertz CT molecular complexity index is 490. The molecule has 0 fully saturated rings. The zero-order chi connectivity index (χ0) is 15.1. The summed E-state index contributed by atoms with van der Waals surface area (Å²) >= 11 is 0. The first-order valence-electron chi connectivity index (χ1n) is 5.64. The highest BCUT2D eigenvalue weighted by atomic mass is 16.2. The molecule has 0 saturated heterocycles. The third kappa shape index (κ3) is 4.09. The van der Waals surface area contributed by atoms with Gasteiger partial charge in [-0.1, -0.05) is 0 Å². The van der Waals surface area contributed by atoms with Crippen LogP contribution in [0.3, 0.4) is 0 Å². The highest BCUT2D eigenvalue weighted by Gasteiger charge is 2.12. The van der Waals surface area contributed by atoms with Gasteiger partial charge in [0.05, 0.1) is 0 Å². The van der Waals surface area contributed by atoms with Crippen LogP contribution in [0.1, 0.15) is 20.7 Å². The molecule has 0 saturated carbocycles. The lowest BCUT2D eigenvalue weighted by molar-refractivity contribution is 0.0951. The molecule has 0 aliphatic heterocycles. The number of carbonyl (C=O) groups excluding carboxylic acids is 4. The van der Waals surface area contributed by atoms with Gasteiger partial charge in [-0.05, 0) is 24.3 Å². The minimum Gasteiger partial charge on any atom is -0.341 e. The van der Waals surface area contributed by atoms with E-state index in [1.165, 1.54) is 38.4 Å². The summed E-state index contributed by atoms with van der Waals surface area (Å²) < 4.78 is 0. The SMILES string of the molecule is CNC(=O)NC(=O)c1ccc(C(=O)NC(=O)NC)cc1. The van der Waals surface area contributed by atoms with Crippen LogP contribution in [0, 0.1) is 0 Å². The number of nitrogens with one attached hydrogen (secondary N) is 4. The van der Waals surface area contributed by atoms with Crippen LogP contribution < -0.4 is 21.3 Å². The second kappa shape index (κ2) is 6.88. The lowest BCUT2D eigenvalue weighted by atomic mass is 10.1. The Balaban J connectivity index is 2.73. The lowest BCUT2D eigenvalue weighted by Crippen LogP contribution is -2.38. The molecular formula is C12H14N4O4. The van der Waals surface area contributed by atoms with Gasteiger partial charge in [-0.25, -0.2) is 9.59 Å². The molecule has 0 aliphatic carbocycles. The maximum atomic E-state index is 11.6. The van der Waals surface area contributed by atoms with Crippen LogP contribution in [0.5, 0.6) is 0 Å². The molecule has 1 aromatic rings. The maximum absolute atomic E-state index is 11.6. The summed E-state index contributed by atoms with van der Waals surface area (Å²) in [6, 6.07) is 4.23. The van der Waals surface area contributed by atoms with Crippen LogP contribution in [-0.4, -0.2) is 38.0 Å². The molecule has 20 heavy (non-hydrogen) atoms. The molecule has 0 unspecified atom stereocenters. The highest BCUT2D eigenvalue weighted by Crippen LogP contribution is 2.04. The molecular weight excluding hydrogens is 264 g/mol. The van der Waals surface area contributed by atoms with Gasteiger partial charge in [-0.15, -0.1) is 0 Å². The summed E-state index contributed by atoms with van der Waals surface area (Å²) in [6.07, 6.45) is 0. The van der Waals surface area contributed by atoms with Crippen molar-refractivity contribution in [2.75, 3.05) is 14.1 Å². The number of hydrogen-bond acceptors (Lipinski definition) is 4. The molecule has 0 heterocycles. The smallest absolute Gasteiger partial charge is 0.321 e. The van der Waals surface area contributed by atoms with Crippen molar-refractivity contribution in [1.29, 1.82) is 0 Å². The van der Waals surface area contributed by atoms with Crippen molar-refractivity contribution in [3.05, 3.63) is 35.4 Å². The number of imide groups is 2. The van der Waals surface area contributed by atoms with E-state index in [1.54, 1.807) is 0 Å². The Morgan fingerprint density at radius 3 is 1.25 bits per heavy atom. The van der Waals surface area contributed by atoms with Gasteiger partial charge in [-0.3, -0.25) is 20.2 Å². The molecule has 0 aromatic heterocycles. The number of urea groups is 2. The number of rotatable bonds is 2. The standard InChI is InChI=1S/C12H14N4O4/c1-13-11(19)15-9(17)7-3-5-8(6-4-7)10(18)16-12(20)14-2/h3-6H,1-2H3,(H2,13,15,17,19)(H2,14,16,18,20). The zero-order valence-electron chi connectivity index (χ0n) is 10.9. The fourth-order valence-electron chi connectivity index (χ4n) is 1.25. The fourth-order valence-corrected chi connectivity index (χ4v) is 1.25. The summed E-state index contributed by atoms with van der Waals surface area (Å²) in [5, 5.41) is 8.65. The van der Waals surface area contributed by atoms with E-state index in [1.807, 2.05) is 0 Å². The van der Waals surface area contributed by atoms with Gasteiger partial charge >= 0.3 is 12.1 Å². The second-order valence-electron chi connectivity index (χ2n) is 3.64. The van der Waals surface area contributed by atoms with Crippen LogP contribution in [-0.2, 0) is 0 Å². The van der Waals surface area contributed by atoms with Crippen molar-refractivity contribution < 1.29 is 19.2 Å². The van der Waals surface area contributed by atoms with E-state index in [4.69, 9.17) is 0 Å². The van der Waals surface area contributed by atoms with Crippen molar-refractivity contribution in [3.63, 3.8) is 0 Å². The largest absolute Gasteiger partial charge is 0.341 e. The number of carbonyl (C=O) groups is 4. The van der Waals surface area contributed by atoms with Crippen LogP contribution in [0.25, 0.3) is 0 Å². The van der Waals surface area contributed by atoms with Crippen LogP contribution in [0.4, 0.5) is 9.59 Å². The molecule has 0 bridgehead atoms. The van der Waals surface area contributed by atoms with Gasteiger partial charge in [0.15, 0.2) is 0 Å². The molecule has 8 heteroatoms. The third-order valence-corrected chi connectivity index (χ3v) is 2.32. The first-order chi connectivity index (χ1) is 9.47. The predicted molar refractivity (Wildman–Crippen MR) is 70.3 cm³/mol. The molecule has 6 amide bonds. The fraction of sp³-hybridized carbons (Fsp3) is 0.167. The molecule has 106 valence electrons. The van der Waals surface area contributed by atoms with Gasteiger partial charge < -0.3 is 10.6 Å². The van der Waals surface area contributed by atoms with E-state index in [0.29, 0.717) is 0 Å². The topological polar surface area (TPSA) is 116 Å². The number of amides is 6. The predicted octanol–water partition coefficient (Wildman–Crippen LogP) is -0.175. The van der Waals surface area contributed by atoms with Crippen molar-refractivity contribution in [3.8, 4) is 0 Å². The molecule has 0 aliphatic rings.